The Kier molecular flexibility index (Phi) is 16.5. The highest BCUT2D eigenvalue weighted by Gasteiger charge is 2.40. The van der Waals surface area contributed by atoms with E-state index in [1.165, 1.54) is 51.5 Å². The molecule has 1 aromatic heterocycles. The summed E-state index contributed by atoms with van der Waals surface area (Å²) in [7, 11) is 0. The van der Waals surface area contributed by atoms with Crippen molar-refractivity contribution in [1.29, 1.82) is 5.26 Å². The smallest absolute Gasteiger partial charge is 0.335 e. The number of nitriles is 1. The van der Waals surface area contributed by atoms with Crippen LogP contribution in [0.2, 0.25) is 0 Å². The minimum absolute atomic E-state index is 0.257. The highest BCUT2D eigenvalue weighted by atomic mass is 16.5. The van der Waals surface area contributed by atoms with Crippen molar-refractivity contribution >= 4 is 17.6 Å². The number of aromatic nitrogens is 1. The molecule has 0 bridgehead atoms. The first-order valence-corrected chi connectivity index (χ1v) is 18.1. The van der Waals surface area contributed by atoms with Gasteiger partial charge in [0.05, 0.1) is 22.9 Å². The first-order chi connectivity index (χ1) is 24.0. The van der Waals surface area contributed by atoms with Crippen LogP contribution in [0, 0.1) is 43.9 Å². The van der Waals surface area contributed by atoms with E-state index in [2.05, 4.69) is 48.3 Å². The Morgan fingerprint density at radius 2 is 1.84 bits per heavy atom. The molecule has 0 radical (unpaired) electrons. The number of nitrogens with zero attached hydrogens (tertiary/aromatic N) is 3. The fraction of sp³-hybridized carbons (Fsp3) is 0.476. The number of hydrogen-bond acceptors (Lipinski definition) is 7. The molecule has 0 saturated heterocycles. The molecule has 3 atom stereocenters. The van der Waals surface area contributed by atoms with Gasteiger partial charge in [-0.2, -0.15) is 5.26 Å². The third-order valence-corrected chi connectivity index (χ3v) is 8.99. The van der Waals surface area contributed by atoms with Crippen LogP contribution in [0.5, 0.6) is 5.88 Å². The standard InChI is InChI=1S/C19H27NO3.C15H14N2O.C8H15N/c1-5-6-7-18(16-11-12(16)2)23-14(4)20-17-9-8-15(19(21)22)10-13(17)3;1-11-8-13(9-16)6-7-14(11)10-18-15-5-3-4-12(2)17-15;1-2-3-4-8-5-6-9-7-8/h8-10,12,16,18H,5-7,11H2,1-4H3,(H,21,22);3-8H,10H2,1-2H3;7,9H,2-6H2,1H3. The summed E-state index contributed by atoms with van der Waals surface area (Å²) in [6.45, 7) is 16.0. The fourth-order valence-corrected chi connectivity index (χ4v) is 5.76. The van der Waals surface area contributed by atoms with Gasteiger partial charge in [0.1, 0.15) is 12.7 Å². The summed E-state index contributed by atoms with van der Waals surface area (Å²) in [6, 6.07) is 18.4. The van der Waals surface area contributed by atoms with Crippen LogP contribution in [0.25, 0.3) is 0 Å². The lowest BCUT2D eigenvalue weighted by Crippen LogP contribution is -2.19. The van der Waals surface area contributed by atoms with E-state index in [1.807, 2.05) is 58.0 Å². The predicted molar refractivity (Wildman–Crippen MR) is 202 cm³/mol. The molecule has 1 saturated carbocycles. The molecule has 0 spiro atoms. The third-order valence-electron chi connectivity index (χ3n) is 8.99. The summed E-state index contributed by atoms with van der Waals surface area (Å²) in [5.74, 6) is 1.78. The topological polar surface area (TPSA) is 117 Å². The van der Waals surface area contributed by atoms with E-state index >= 15 is 0 Å². The zero-order chi connectivity index (χ0) is 36.5. The van der Waals surface area contributed by atoms with Gasteiger partial charge in [0, 0.05) is 25.2 Å². The van der Waals surface area contributed by atoms with Crippen molar-refractivity contribution in [3.05, 3.63) is 99.9 Å². The number of hydrogen-bond donors (Lipinski definition) is 2. The number of nitrogens with one attached hydrogen (secondary N) is 1. The Bertz CT molecular complexity index is 1640. The van der Waals surface area contributed by atoms with Crippen molar-refractivity contribution in [1.82, 2.24) is 10.3 Å². The SMILES string of the molecule is CCCCC(OC(C)=Nc1ccc(C(=O)O)cc1C)C1CC1C.CCCCC1=CNCC1.Cc1cccc(OCc2ccc(C#N)cc2C)n1. The molecule has 1 fully saturated rings. The average molecular weight is 681 g/mol. The molecular formula is C42H56N4O4. The van der Waals surface area contributed by atoms with Crippen LogP contribution >= 0.6 is 0 Å². The van der Waals surface area contributed by atoms with Crippen LogP contribution in [0.1, 0.15) is 117 Å². The second-order valence-corrected chi connectivity index (χ2v) is 13.4. The number of pyridine rings is 1. The van der Waals surface area contributed by atoms with E-state index in [1.54, 1.807) is 29.8 Å². The van der Waals surface area contributed by atoms with E-state index < -0.39 is 5.97 Å². The molecular weight excluding hydrogens is 624 g/mol. The highest BCUT2D eigenvalue weighted by Crippen LogP contribution is 2.43. The maximum atomic E-state index is 11.0. The van der Waals surface area contributed by atoms with Gasteiger partial charge in [0.2, 0.25) is 5.88 Å². The third kappa shape index (κ3) is 13.7. The number of carboxylic acid groups (broad SMARTS) is 1. The van der Waals surface area contributed by atoms with Gasteiger partial charge in [-0.05, 0) is 124 Å². The van der Waals surface area contributed by atoms with E-state index in [9.17, 15) is 4.79 Å². The first-order valence-electron chi connectivity index (χ1n) is 18.1. The largest absolute Gasteiger partial charge is 0.478 e. The molecule has 1 aliphatic heterocycles. The van der Waals surface area contributed by atoms with Crippen LogP contribution in [0.3, 0.4) is 0 Å². The summed E-state index contributed by atoms with van der Waals surface area (Å²) in [5.41, 5.74) is 7.24. The van der Waals surface area contributed by atoms with Crippen LogP contribution in [0.15, 0.2) is 71.4 Å². The van der Waals surface area contributed by atoms with E-state index in [0.717, 1.165) is 40.4 Å². The monoisotopic (exact) mass is 680 g/mol. The summed E-state index contributed by atoms with van der Waals surface area (Å²) in [6.07, 6.45) is 12.4. The lowest BCUT2D eigenvalue weighted by molar-refractivity contribution is 0.0696. The lowest BCUT2D eigenvalue weighted by atomic mass is 10.1. The summed E-state index contributed by atoms with van der Waals surface area (Å²) >= 11 is 0. The molecule has 1 aliphatic carbocycles. The summed E-state index contributed by atoms with van der Waals surface area (Å²) in [4.78, 5) is 19.8. The maximum absolute atomic E-state index is 11.0. The van der Waals surface area contributed by atoms with Crippen molar-refractivity contribution in [3.8, 4) is 11.9 Å². The molecule has 8 heteroatoms. The maximum Gasteiger partial charge on any atom is 0.335 e. The molecule has 268 valence electrons. The normalized spacial score (nSPS) is 16.7. The van der Waals surface area contributed by atoms with Crippen molar-refractivity contribution < 1.29 is 19.4 Å². The van der Waals surface area contributed by atoms with E-state index in [-0.39, 0.29) is 11.7 Å². The Hall–Kier alpha value is -4.64. The number of aromatic carboxylic acids is 1. The molecule has 2 aliphatic rings. The zero-order valence-electron chi connectivity index (χ0n) is 31.1. The Balaban J connectivity index is 0.000000221. The number of rotatable bonds is 13. The van der Waals surface area contributed by atoms with Gasteiger partial charge in [0.15, 0.2) is 5.90 Å². The van der Waals surface area contributed by atoms with Gasteiger partial charge in [-0.15, -0.1) is 0 Å². The van der Waals surface area contributed by atoms with Crippen molar-refractivity contribution in [3.63, 3.8) is 0 Å². The summed E-state index contributed by atoms with van der Waals surface area (Å²) in [5, 5.41) is 21.0. The minimum atomic E-state index is -0.918. The number of ether oxygens (including phenoxy) is 2. The van der Waals surface area contributed by atoms with Crippen LogP contribution in [0.4, 0.5) is 5.69 Å². The van der Waals surface area contributed by atoms with E-state index in [4.69, 9.17) is 19.8 Å². The number of aliphatic imine (C=N–C) groups is 1. The van der Waals surface area contributed by atoms with Gasteiger partial charge in [-0.25, -0.2) is 14.8 Å². The fourth-order valence-electron chi connectivity index (χ4n) is 5.76. The molecule has 2 N–H and O–H groups in total. The van der Waals surface area contributed by atoms with Crippen molar-refractivity contribution in [2.24, 2.45) is 16.8 Å². The van der Waals surface area contributed by atoms with Crippen LogP contribution < -0.4 is 10.1 Å². The number of unbranched alkanes of at least 4 members (excludes halogenated alkanes) is 2. The molecule has 8 nitrogen and oxygen atoms in total. The zero-order valence-corrected chi connectivity index (χ0v) is 31.1. The van der Waals surface area contributed by atoms with Crippen LogP contribution in [-0.2, 0) is 11.3 Å². The van der Waals surface area contributed by atoms with Crippen LogP contribution in [-0.4, -0.2) is 34.6 Å². The molecule has 2 aromatic carbocycles. The van der Waals surface area contributed by atoms with Crippen molar-refractivity contribution in [2.75, 3.05) is 6.54 Å². The van der Waals surface area contributed by atoms with Gasteiger partial charge < -0.3 is 19.9 Å². The number of benzene rings is 2. The first kappa shape index (κ1) is 39.8. The minimum Gasteiger partial charge on any atom is -0.478 e. The van der Waals surface area contributed by atoms with E-state index in [0.29, 0.717) is 29.9 Å². The Morgan fingerprint density at radius 3 is 2.42 bits per heavy atom. The quantitative estimate of drug-likeness (QED) is 0.136. The number of aryl methyl sites for hydroxylation is 3. The van der Waals surface area contributed by atoms with Gasteiger partial charge in [-0.3, -0.25) is 0 Å². The lowest BCUT2D eigenvalue weighted by Gasteiger charge is -2.19. The average Bonchev–Trinajstić information content (AvgIpc) is 3.59. The highest BCUT2D eigenvalue weighted by molar-refractivity contribution is 5.88. The Labute approximate surface area is 299 Å². The number of carbonyl (C=O) groups is 1. The molecule has 3 aromatic rings. The second-order valence-electron chi connectivity index (χ2n) is 13.4. The molecule has 5 rings (SSSR count). The number of carboxylic acids is 1. The van der Waals surface area contributed by atoms with Gasteiger partial charge >= 0.3 is 5.97 Å². The van der Waals surface area contributed by atoms with Gasteiger partial charge in [-0.1, -0.05) is 57.7 Å². The predicted octanol–water partition coefficient (Wildman–Crippen LogP) is 10.2. The van der Waals surface area contributed by atoms with Crippen molar-refractivity contribution in [2.45, 2.75) is 113 Å². The Morgan fingerprint density at radius 1 is 1.08 bits per heavy atom. The molecule has 0 amide bonds. The molecule has 3 unspecified atom stereocenters. The summed E-state index contributed by atoms with van der Waals surface area (Å²) < 4.78 is 11.8. The second kappa shape index (κ2) is 20.8. The molecule has 50 heavy (non-hydrogen) atoms. The van der Waals surface area contributed by atoms with Gasteiger partial charge in [0.25, 0.3) is 0 Å². The molecule has 2 heterocycles.